The van der Waals surface area contributed by atoms with E-state index < -0.39 is 19.7 Å². The summed E-state index contributed by atoms with van der Waals surface area (Å²) in [7, 11) is -6.04. The second-order valence-corrected chi connectivity index (χ2v) is 12.9. The van der Waals surface area contributed by atoms with Crippen LogP contribution in [-0.4, -0.2) is 76.0 Å². The molecule has 10 heteroatoms. The maximum absolute atomic E-state index is 13.0. The molecular formula is C20H28ClNO6S2. The van der Waals surface area contributed by atoms with E-state index in [9.17, 15) is 21.6 Å². The molecule has 2 aliphatic rings. The number of unbranched alkanes of at least 4 members (excludes halogenated alkanes) is 2. The van der Waals surface area contributed by atoms with Crippen LogP contribution in [0.25, 0.3) is 0 Å². The first kappa shape index (κ1) is 23.5. The van der Waals surface area contributed by atoms with E-state index in [1.165, 1.54) is 0 Å². The summed E-state index contributed by atoms with van der Waals surface area (Å²) in [5.74, 6) is 0.239. The molecule has 2 fully saturated rings. The number of hydrogen-bond acceptors (Lipinski definition) is 6. The topological polar surface area (TPSA) is 97.8 Å². The first-order chi connectivity index (χ1) is 14.2. The van der Waals surface area contributed by atoms with Crippen LogP contribution in [-0.2, 0) is 24.4 Å². The number of carbonyl (C=O) groups is 1. The Bertz CT molecular complexity index is 946. The van der Waals surface area contributed by atoms with Gasteiger partial charge >= 0.3 is 0 Å². The highest BCUT2D eigenvalue weighted by molar-refractivity contribution is 7.91. The molecular weight excluding hydrogens is 450 g/mol. The smallest absolute Gasteiger partial charge is 0.254 e. The number of benzene rings is 1. The predicted molar refractivity (Wildman–Crippen MR) is 116 cm³/mol. The third kappa shape index (κ3) is 6.67. The maximum Gasteiger partial charge on any atom is 0.254 e. The second kappa shape index (κ2) is 9.97. The van der Waals surface area contributed by atoms with Crippen molar-refractivity contribution in [2.24, 2.45) is 0 Å². The van der Waals surface area contributed by atoms with Crippen LogP contribution in [0.5, 0.6) is 0 Å². The van der Waals surface area contributed by atoms with Crippen LogP contribution in [0.3, 0.4) is 0 Å². The lowest BCUT2D eigenvalue weighted by Crippen LogP contribution is -2.41. The average molecular weight is 478 g/mol. The third-order valence-corrected chi connectivity index (χ3v) is 9.33. The Balaban J connectivity index is 1.50. The van der Waals surface area contributed by atoms with Gasteiger partial charge in [-0.3, -0.25) is 4.79 Å². The van der Waals surface area contributed by atoms with Crippen molar-refractivity contribution in [2.45, 2.75) is 44.2 Å². The van der Waals surface area contributed by atoms with Gasteiger partial charge in [0.25, 0.3) is 5.91 Å². The summed E-state index contributed by atoms with van der Waals surface area (Å²) in [5, 5.41) is 0.539. The van der Waals surface area contributed by atoms with Crippen molar-refractivity contribution >= 4 is 37.2 Å². The molecule has 3 rings (SSSR count). The monoisotopic (exact) mass is 477 g/mol. The van der Waals surface area contributed by atoms with E-state index in [1.54, 1.807) is 29.2 Å². The first-order valence-electron chi connectivity index (χ1n) is 10.2. The van der Waals surface area contributed by atoms with Gasteiger partial charge in [0.1, 0.15) is 0 Å². The molecule has 2 saturated heterocycles. The van der Waals surface area contributed by atoms with Gasteiger partial charge in [-0.15, -0.1) is 0 Å². The molecule has 1 aromatic carbocycles. The lowest BCUT2D eigenvalue weighted by atomic mass is 10.1. The number of amides is 1. The van der Waals surface area contributed by atoms with E-state index in [4.69, 9.17) is 16.3 Å². The standard InChI is InChI=1S/C20H28ClNO6S2/c21-17-6-4-16(5-7-17)20(23)22(18-8-12-29(24,25)14-18)10-2-1-3-11-28-19-9-13-30(26,27)15-19/h4-7,18-19H,1-3,8-15H2. The summed E-state index contributed by atoms with van der Waals surface area (Å²) < 4.78 is 52.4. The number of ether oxygens (including phenoxy) is 1. The van der Waals surface area contributed by atoms with E-state index in [0.717, 1.165) is 19.3 Å². The number of hydrogen-bond donors (Lipinski definition) is 0. The molecule has 0 N–H and O–H groups in total. The van der Waals surface area contributed by atoms with E-state index >= 15 is 0 Å². The van der Waals surface area contributed by atoms with Gasteiger partial charge in [-0.2, -0.15) is 0 Å². The lowest BCUT2D eigenvalue weighted by molar-refractivity contribution is 0.0646. The summed E-state index contributed by atoms with van der Waals surface area (Å²) in [6.45, 7) is 0.961. The summed E-state index contributed by atoms with van der Waals surface area (Å²) in [6, 6.07) is 6.31. The molecule has 2 aliphatic heterocycles. The highest BCUT2D eigenvalue weighted by Gasteiger charge is 2.34. The molecule has 7 nitrogen and oxygen atoms in total. The van der Waals surface area contributed by atoms with E-state index in [1.807, 2.05) is 0 Å². The highest BCUT2D eigenvalue weighted by Crippen LogP contribution is 2.22. The summed E-state index contributed by atoms with van der Waals surface area (Å²) in [6.07, 6.45) is 3.11. The van der Waals surface area contributed by atoms with E-state index in [-0.39, 0.29) is 41.1 Å². The lowest BCUT2D eigenvalue weighted by Gasteiger charge is -2.28. The molecule has 2 atom stereocenters. The first-order valence-corrected chi connectivity index (χ1v) is 14.3. The molecule has 2 heterocycles. The van der Waals surface area contributed by atoms with Crippen molar-refractivity contribution in [3.05, 3.63) is 34.9 Å². The van der Waals surface area contributed by atoms with E-state index in [2.05, 4.69) is 0 Å². The summed E-state index contributed by atoms with van der Waals surface area (Å²) in [4.78, 5) is 14.7. The zero-order valence-electron chi connectivity index (χ0n) is 16.8. The van der Waals surface area contributed by atoms with E-state index in [0.29, 0.717) is 36.6 Å². The van der Waals surface area contributed by atoms with Crippen LogP contribution >= 0.6 is 11.6 Å². The van der Waals surface area contributed by atoms with Gasteiger partial charge in [-0.25, -0.2) is 16.8 Å². The van der Waals surface area contributed by atoms with Crippen LogP contribution in [0, 0.1) is 0 Å². The van der Waals surface area contributed by atoms with Crippen LogP contribution < -0.4 is 0 Å². The van der Waals surface area contributed by atoms with Gasteiger partial charge < -0.3 is 9.64 Å². The summed E-state index contributed by atoms with van der Waals surface area (Å²) in [5.41, 5.74) is 0.495. The van der Waals surface area contributed by atoms with Crippen LogP contribution in [0.4, 0.5) is 0 Å². The van der Waals surface area contributed by atoms with Gasteiger partial charge in [0.05, 0.1) is 29.1 Å². The molecule has 1 aromatic rings. The van der Waals surface area contributed by atoms with Crippen molar-refractivity contribution in [1.82, 2.24) is 4.90 Å². The van der Waals surface area contributed by atoms with Crippen molar-refractivity contribution in [2.75, 3.05) is 36.2 Å². The fraction of sp³-hybridized carbons (Fsp3) is 0.650. The number of nitrogens with zero attached hydrogens (tertiary/aromatic N) is 1. The molecule has 2 unspecified atom stereocenters. The minimum atomic E-state index is -3.11. The fourth-order valence-electron chi connectivity index (χ4n) is 3.93. The number of rotatable bonds is 9. The van der Waals surface area contributed by atoms with Crippen molar-refractivity contribution in [1.29, 1.82) is 0 Å². The maximum atomic E-state index is 13.0. The van der Waals surface area contributed by atoms with Gasteiger partial charge in [-0.05, 0) is 56.4 Å². The molecule has 0 radical (unpaired) electrons. The Morgan fingerprint density at radius 2 is 1.63 bits per heavy atom. The van der Waals surface area contributed by atoms with Crippen LogP contribution in [0.1, 0.15) is 42.5 Å². The average Bonchev–Trinajstić information content (AvgIpc) is 3.22. The molecule has 0 aromatic heterocycles. The Morgan fingerprint density at radius 1 is 0.967 bits per heavy atom. The molecule has 0 saturated carbocycles. The SMILES string of the molecule is O=C(c1ccc(Cl)cc1)N(CCCCCOC1CCS(=O)(=O)C1)C1CCS(=O)(=O)C1. The van der Waals surface area contributed by atoms with Crippen LogP contribution in [0.15, 0.2) is 24.3 Å². The summed E-state index contributed by atoms with van der Waals surface area (Å²) >= 11 is 5.91. The minimum Gasteiger partial charge on any atom is -0.377 e. The third-order valence-electron chi connectivity index (χ3n) is 5.59. The molecule has 0 bridgehead atoms. The molecule has 1 amide bonds. The van der Waals surface area contributed by atoms with Gasteiger partial charge in [0, 0.05) is 29.8 Å². The Labute approximate surface area is 183 Å². The van der Waals surface area contributed by atoms with Gasteiger partial charge in [0.2, 0.25) is 0 Å². The number of carbonyl (C=O) groups excluding carboxylic acids is 1. The Kier molecular flexibility index (Phi) is 7.81. The highest BCUT2D eigenvalue weighted by atomic mass is 35.5. The number of halogens is 1. The molecule has 168 valence electrons. The van der Waals surface area contributed by atoms with Gasteiger partial charge in [0.15, 0.2) is 19.7 Å². The van der Waals surface area contributed by atoms with Gasteiger partial charge in [-0.1, -0.05) is 11.6 Å². The molecule has 0 aliphatic carbocycles. The Hall–Kier alpha value is -1.16. The normalized spacial score (nSPS) is 24.7. The zero-order chi connectivity index (χ0) is 21.8. The zero-order valence-corrected chi connectivity index (χ0v) is 19.2. The predicted octanol–water partition coefficient (Wildman–Crippen LogP) is 2.34. The Morgan fingerprint density at radius 3 is 2.23 bits per heavy atom. The number of sulfone groups is 2. The largest absolute Gasteiger partial charge is 0.377 e. The van der Waals surface area contributed by atoms with Crippen molar-refractivity contribution in [3.63, 3.8) is 0 Å². The van der Waals surface area contributed by atoms with Crippen molar-refractivity contribution in [3.8, 4) is 0 Å². The van der Waals surface area contributed by atoms with Crippen molar-refractivity contribution < 1.29 is 26.4 Å². The fourth-order valence-corrected chi connectivity index (χ4v) is 7.41. The molecule has 0 spiro atoms. The minimum absolute atomic E-state index is 0.00555. The second-order valence-electron chi connectivity index (χ2n) is 8.02. The van der Waals surface area contributed by atoms with Crippen LogP contribution in [0.2, 0.25) is 5.02 Å². The molecule has 30 heavy (non-hydrogen) atoms. The quantitative estimate of drug-likeness (QED) is 0.506.